The Kier molecular flexibility index (Phi) is 5.70. The summed E-state index contributed by atoms with van der Waals surface area (Å²) in [7, 11) is -3.19. The zero-order valence-electron chi connectivity index (χ0n) is 10.8. The summed E-state index contributed by atoms with van der Waals surface area (Å²) in [6.07, 6.45) is 0.871. The first kappa shape index (κ1) is 15.9. The fourth-order valence-corrected chi connectivity index (χ4v) is 2.97. The number of primary amides is 1. The molecular formula is C10H19N3O5S. The molecule has 0 aliphatic carbocycles. The summed E-state index contributed by atoms with van der Waals surface area (Å²) in [6.45, 7) is 1.86. The summed E-state index contributed by atoms with van der Waals surface area (Å²) in [5.74, 6) is -1.28. The van der Waals surface area contributed by atoms with Crippen LogP contribution in [0.2, 0.25) is 0 Å². The SMILES string of the molecule is CCS(=O)(=O)N1CCC(C(=O)NOCC(N)=O)CC1. The van der Waals surface area contributed by atoms with Crippen molar-refractivity contribution in [1.29, 1.82) is 0 Å². The van der Waals surface area contributed by atoms with Gasteiger partial charge in [0.05, 0.1) is 5.75 Å². The van der Waals surface area contributed by atoms with Gasteiger partial charge in [0, 0.05) is 19.0 Å². The van der Waals surface area contributed by atoms with Crippen molar-refractivity contribution in [1.82, 2.24) is 9.79 Å². The lowest BCUT2D eigenvalue weighted by Gasteiger charge is -2.29. The summed E-state index contributed by atoms with van der Waals surface area (Å²) >= 11 is 0. The van der Waals surface area contributed by atoms with Crippen LogP contribution in [0.1, 0.15) is 19.8 Å². The average Bonchev–Trinajstić information content (AvgIpc) is 2.38. The van der Waals surface area contributed by atoms with E-state index < -0.39 is 15.9 Å². The molecule has 9 heteroatoms. The van der Waals surface area contributed by atoms with E-state index in [0.29, 0.717) is 25.9 Å². The van der Waals surface area contributed by atoms with Gasteiger partial charge in [-0.2, -0.15) is 0 Å². The summed E-state index contributed by atoms with van der Waals surface area (Å²) in [5.41, 5.74) is 6.99. The van der Waals surface area contributed by atoms with E-state index in [0.717, 1.165) is 0 Å². The predicted molar refractivity (Wildman–Crippen MR) is 67.0 cm³/mol. The fourth-order valence-electron chi connectivity index (χ4n) is 1.84. The van der Waals surface area contributed by atoms with Crippen LogP contribution >= 0.6 is 0 Å². The number of nitrogens with zero attached hydrogens (tertiary/aromatic N) is 1. The molecule has 0 bridgehead atoms. The van der Waals surface area contributed by atoms with E-state index in [1.165, 1.54) is 4.31 Å². The molecule has 8 nitrogen and oxygen atoms in total. The van der Waals surface area contributed by atoms with E-state index in [9.17, 15) is 18.0 Å². The lowest BCUT2D eigenvalue weighted by Crippen LogP contribution is -2.43. The highest BCUT2D eigenvalue weighted by Gasteiger charge is 2.30. The monoisotopic (exact) mass is 293 g/mol. The molecule has 0 unspecified atom stereocenters. The van der Waals surface area contributed by atoms with Crippen molar-refractivity contribution >= 4 is 21.8 Å². The van der Waals surface area contributed by atoms with Crippen molar-refractivity contribution in [3.8, 4) is 0 Å². The lowest BCUT2D eigenvalue weighted by molar-refractivity contribution is -0.142. The van der Waals surface area contributed by atoms with Crippen LogP contribution in [-0.4, -0.2) is 50.0 Å². The Bertz CT molecular complexity index is 428. The molecule has 1 saturated heterocycles. The van der Waals surface area contributed by atoms with E-state index in [1.54, 1.807) is 6.92 Å². The van der Waals surface area contributed by atoms with Crippen LogP contribution in [0.25, 0.3) is 0 Å². The van der Waals surface area contributed by atoms with Crippen molar-refractivity contribution in [2.75, 3.05) is 25.4 Å². The van der Waals surface area contributed by atoms with Crippen molar-refractivity contribution in [2.24, 2.45) is 11.7 Å². The molecule has 1 heterocycles. The van der Waals surface area contributed by atoms with Gasteiger partial charge in [-0.25, -0.2) is 18.2 Å². The predicted octanol–water partition coefficient (Wildman–Crippen LogP) is -1.42. The number of amides is 2. The Labute approximate surface area is 112 Å². The second-order valence-corrected chi connectivity index (χ2v) is 6.55. The molecular weight excluding hydrogens is 274 g/mol. The van der Waals surface area contributed by atoms with Crippen LogP contribution < -0.4 is 11.2 Å². The van der Waals surface area contributed by atoms with Crippen LogP contribution in [0, 0.1) is 5.92 Å². The van der Waals surface area contributed by atoms with Gasteiger partial charge >= 0.3 is 0 Å². The molecule has 1 fully saturated rings. The molecule has 1 rings (SSSR count). The van der Waals surface area contributed by atoms with Gasteiger partial charge < -0.3 is 5.73 Å². The Morgan fingerprint density at radius 2 is 1.95 bits per heavy atom. The van der Waals surface area contributed by atoms with Gasteiger partial charge in [0.1, 0.15) is 0 Å². The number of hydroxylamine groups is 1. The van der Waals surface area contributed by atoms with Crippen LogP contribution in [0.4, 0.5) is 0 Å². The first-order valence-electron chi connectivity index (χ1n) is 6.04. The van der Waals surface area contributed by atoms with E-state index in [2.05, 4.69) is 10.3 Å². The third-order valence-electron chi connectivity index (χ3n) is 2.97. The highest BCUT2D eigenvalue weighted by Crippen LogP contribution is 2.19. The maximum atomic E-state index is 11.6. The van der Waals surface area contributed by atoms with Crippen molar-refractivity contribution in [3.05, 3.63) is 0 Å². The van der Waals surface area contributed by atoms with Gasteiger partial charge in [-0.05, 0) is 19.8 Å². The van der Waals surface area contributed by atoms with Crippen molar-refractivity contribution in [2.45, 2.75) is 19.8 Å². The molecule has 1 aliphatic heterocycles. The molecule has 110 valence electrons. The molecule has 0 aromatic heterocycles. The van der Waals surface area contributed by atoms with Crippen LogP contribution in [0.5, 0.6) is 0 Å². The first-order valence-corrected chi connectivity index (χ1v) is 7.65. The van der Waals surface area contributed by atoms with Crippen LogP contribution in [0.15, 0.2) is 0 Å². The number of carbonyl (C=O) groups excluding carboxylic acids is 2. The Balaban J connectivity index is 2.37. The minimum Gasteiger partial charge on any atom is -0.368 e. The first-order chi connectivity index (χ1) is 8.86. The summed E-state index contributed by atoms with van der Waals surface area (Å²) in [6, 6.07) is 0. The number of hydrogen-bond acceptors (Lipinski definition) is 5. The number of hydrogen-bond donors (Lipinski definition) is 2. The number of rotatable bonds is 6. The van der Waals surface area contributed by atoms with E-state index in [-0.39, 0.29) is 24.2 Å². The number of sulfonamides is 1. The van der Waals surface area contributed by atoms with Crippen LogP contribution in [0.3, 0.4) is 0 Å². The Morgan fingerprint density at radius 1 is 1.37 bits per heavy atom. The molecule has 0 aromatic carbocycles. The third-order valence-corrected chi connectivity index (χ3v) is 4.85. The second-order valence-electron chi connectivity index (χ2n) is 4.30. The van der Waals surface area contributed by atoms with Crippen LogP contribution in [-0.2, 0) is 24.4 Å². The molecule has 0 radical (unpaired) electrons. The highest BCUT2D eigenvalue weighted by atomic mass is 32.2. The number of piperidine rings is 1. The van der Waals surface area contributed by atoms with Gasteiger partial charge in [-0.3, -0.25) is 14.4 Å². The fraction of sp³-hybridized carbons (Fsp3) is 0.800. The second kappa shape index (κ2) is 6.83. The molecule has 2 amide bonds. The van der Waals surface area contributed by atoms with Crippen molar-refractivity contribution < 1.29 is 22.8 Å². The van der Waals surface area contributed by atoms with Gasteiger partial charge in [0.15, 0.2) is 6.61 Å². The minimum absolute atomic E-state index is 0.0611. The molecule has 0 atom stereocenters. The molecule has 0 spiro atoms. The zero-order chi connectivity index (χ0) is 14.5. The molecule has 0 saturated carbocycles. The Hall–Kier alpha value is -1.19. The van der Waals surface area contributed by atoms with Gasteiger partial charge in [0.25, 0.3) is 0 Å². The molecule has 19 heavy (non-hydrogen) atoms. The smallest absolute Gasteiger partial charge is 0.246 e. The minimum atomic E-state index is -3.19. The van der Waals surface area contributed by atoms with Gasteiger partial charge in [0.2, 0.25) is 21.8 Å². The highest BCUT2D eigenvalue weighted by molar-refractivity contribution is 7.89. The average molecular weight is 293 g/mol. The lowest BCUT2D eigenvalue weighted by atomic mass is 9.98. The van der Waals surface area contributed by atoms with Gasteiger partial charge in [-0.1, -0.05) is 0 Å². The van der Waals surface area contributed by atoms with E-state index >= 15 is 0 Å². The van der Waals surface area contributed by atoms with Gasteiger partial charge in [-0.15, -0.1) is 0 Å². The topological polar surface area (TPSA) is 119 Å². The quantitative estimate of drug-likeness (QED) is 0.583. The largest absolute Gasteiger partial charge is 0.368 e. The number of nitrogens with two attached hydrogens (primary N) is 1. The zero-order valence-corrected chi connectivity index (χ0v) is 11.6. The summed E-state index contributed by atoms with van der Waals surface area (Å²) < 4.78 is 24.6. The third kappa shape index (κ3) is 4.77. The van der Waals surface area contributed by atoms with Crippen molar-refractivity contribution in [3.63, 3.8) is 0 Å². The molecule has 3 N–H and O–H groups in total. The number of carbonyl (C=O) groups is 2. The maximum absolute atomic E-state index is 11.6. The maximum Gasteiger partial charge on any atom is 0.246 e. The molecule has 1 aliphatic rings. The number of nitrogens with one attached hydrogen (secondary N) is 1. The normalized spacial score (nSPS) is 18.2. The standard InChI is InChI=1S/C10H19N3O5S/c1-2-19(16,17)13-5-3-8(4-6-13)10(15)12-18-7-9(11)14/h8H,2-7H2,1H3,(H2,11,14)(H,12,15). The Morgan fingerprint density at radius 3 is 2.42 bits per heavy atom. The van der Waals surface area contributed by atoms with E-state index in [1.807, 2.05) is 0 Å². The van der Waals surface area contributed by atoms with E-state index in [4.69, 9.17) is 5.73 Å². The molecule has 0 aromatic rings. The summed E-state index contributed by atoms with van der Waals surface area (Å²) in [4.78, 5) is 26.7. The summed E-state index contributed by atoms with van der Waals surface area (Å²) in [5, 5.41) is 0.